The topological polar surface area (TPSA) is 62.5 Å². The summed E-state index contributed by atoms with van der Waals surface area (Å²) in [5, 5.41) is 13.0. The number of hydrogen-bond acceptors (Lipinski definition) is 3. The first kappa shape index (κ1) is 13.1. The highest BCUT2D eigenvalue weighted by atomic mass is 16.3. The molecule has 1 fully saturated rings. The van der Waals surface area contributed by atoms with E-state index in [1.165, 1.54) is 6.42 Å². The summed E-state index contributed by atoms with van der Waals surface area (Å²) < 4.78 is 5.37. The maximum atomic E-state index is 11.8. The molecule has 0 unspecified atom stereocenters. The van der Waals surface area contributed by atoms with Crippen molar-refractivity contribution >= 4 is 5.91 Å². The Morgan fingerprint density at radius 1 is 1.39 bits per heavy atom. The Bertz CT molecular complexity index is 405. The Kier molecular flexibility index (Phi) is 4.07. The summed E-state index contributed by atoms with van der Waals surface area (Å²) in [5.74, 6) is 0.886. The second-order valence-electron chi connectivity index (χ2n) is 5.09. The fraction of sp³-hybridized carbons (Fsp3) is 0.643. The molecule has 0 atom stereocenters. The molecule has 1 aromatic heterocycles. The molecule has 0 spiro atoms. The van der Waals surface area contributed by atoms with E-state index in [1.807, 2.05) is 13.0 Å². The number of aryl methyl sites for hydroxylation is 1. The first-order valence-corrected chi connectivity index (χ1v) is 6.72. The molecule has 1 heterocycles. The van der Waals surface area contributed by atoms with Gasteiger partial charge in [-0.15, -0.1) is 0 Å². The Hall–Kier alpha value is -1.29. The molecule has 1 aliphatic carbocycles. The van der Waals surface area contributed by atoms with Gasteiger partial charge in [0.15, 0.2) is 5.76 Å². The van der Waals surface area contributed by atoms with Gasteiger partial charge in [0.05, 0.1) is 5.60 Å². The predicted octanol–water partition coefficient (Wildman–Crippen LogP) is 2.27. The smallest absolute Gasteiger partial charge is 0.287 e. The molecule has 2 N–H and O–H groups in total. The van der Waals surface area contributed by atoms with Crippen molar-refractivity contribution in [3.8, 4) is 0 Å². The van der Waals surface area contributed by atoms with E-state index in [9.17, 15) is 9.90 Å². The lowest BCUT2D eigenvalue weighted by atomic mass is 9.85. The lowest BCUT2D eigenvalue weighted by molar-refractivity contribution is 0.00502. The second kappa shape index (κ2) is 5.57. The highest BCUT2D eigenvalue weighted by Gasteiger charge is 2.29. The molecule has 1 aromatic rings. The molecule has 1 saturated carbocycles. The van der Waals surface area contributed by atoms with Crippen LogP contribution in [0.15, 0.2) is 16.5 Å². The van der Waals surface area contributed by atoms with Crippen LogP contribution in [0.4, 0.5) is 0 Å². The first-order valence-electron chi connectivity index (χ1n) is 6.72. The molecule has 0 radical (unpaired) electrons. The van der Waals surface area contributed by atoms with Crippen molar-refractivity contribution in [3.63, 3.8) is 0 Å². The van der Waals surface area contributed by atoms with Crippen LogP contribution < -0.4 is 5.32 Å². The number of amides is 1. The van der Waals surface area contributed by atoms with Crippen LogP contribution in [0, 0.1) is 0 Å². The van der Waals surface area contributed by atoms with Gasteiger partial charge in [0.2, 0.25) is 0 Å². The molecule has 4 heteroatoms. The van der Waals surface area contributed by atoms with E-state index in [4.69, 9.17) is 4.42 Å². The van der Waals surface area contributed by atoms with Crippen LogP contribution in [-0.4, -0.2) is 23.2 Å². The monoisotopic (exact) mass is 251 g/mol. The van der Waals surface area contributed by atoms with Gasteiger partial charge in [0.1, 0.15) is 5.76 Å². The third-order valence-corrected chi connectivity index (χ3v) is 3.60. The number of carbonyl (C=O) groups is 1. The van der Waals surface area contributed by atoms with Gasteiger partial charge in [0.25, 0.3) is 5.91 Å². The summed E-state index contributed by atoms with van der Waals surface area (Å²) in [6.45, 7) is 2.29. The van der Waals surface area contributed by atoms with Gasteiger partial charge < -0.3 is 14.8 Å². The van der Waals surface area contributed by atoms with Gasteiger partial charge in [-0.1, -0.05) is 26.2 Å². The van der Waals surface area contributed by atoms with E-state index >= 15 is 0 Å². The molecule has 4 nitrogen and oxygen atoms in total. The van der Waals surface area contributed by atoms with Crippen LogP contribution in [0.25, 0.3) is 0 Å². The standard InChI is InChI=1S/C14H21NO3/c1-2-11-6-7-12(18-11)13(16)15-10-14(17)8-4-3-5-9-14/h6-7,17H,2-5,8-10H2,1H3,(H,15,16). The van der Waals surface area contributed by atoms with Gasteiger partial charge in [-0.05, 0) is 25.0 Å². The third-order valence-electron chi connectivity index (χ3n) is 3.60. The Labute approximate surface area is 107 Å². The summed E-state index contributed by atoms with van der Waals surface area (Å²) in [6, 6.07) is 3.49. The molecular weight excluding hydrogens is 230 g/mol. The molecule has 0 aliphatic heterocycles. The third kappa shape index (κ3) is 3.13. The van der Waals surface area contributed by atoms with Gasteiger partial charge in [0, 0.05) is 13.0 Å². The van der Waals surface area contributed by atoms with Gasteiger partial charge in [-0.25, -0.2) is 0 Å². The zero-order valence-corrected chi connectivity index (χ0v) is 10.9. The second-order valence-corrected chi connectivity index (χ2v) is 5.09. The Morgan fingerprint density at radius 3 is 2.72 bits per heavy atom. The predicted molar refractivity (Wildman–Crippen MR) is 68.5 cm³/mol. The number of furan rings is 1. The summed E-state index contributed by atoms with van der Waals surface area (Å²) in [7, 11) is 0. The number of carbonyl (C=O) groups excluding carboxylic acids is 1. The summed E-state index contributed by atoms with van der Waals surface area (Å²) in [5.41, 5.74) is -0.728. The highest BCUT2D eigenvalue weighted by Crippen LogP contribution is 2.27. The van der Waals surface area contributed by atoms with Crippen molar-refractivity contribution in [1.29, 1.82) is 0 Å². The van der Waals surface area contributed by atoms with Crippen molar-refractivity contribution in [2.24, 2.45) is 0 Å². The van der Waals surface area contributed by atoms with Gasteiger partial charge in [-0.2, -0.15) is 0 Å². The minimum absolute atomic E-state index is 0.242. The molecule has 0 bridgehead atoms. The van der Waals surface area contributed by atoms with Crippen LogP contribution in [0.1, 0.15) is 55.3 Å². The van der Waals surface area contributed by atoms with E-state index in [0.717, 1.165) is 37.9 Å². The molecule has 0 saturated heterocycles. The number of nitrogens with one attached hydrogen (secondary N) is 1. The van der Waals surface area contributed by atoms with E-state index in [2.05, 4.69) is 5.32 Å². The molecule has 1 aliphatic rings. The maximum Gasteiger partial charge on any atom is 0.287 e. The van der Waals surface area contributed by atoms with E-state index in [-0.39, 0.29) is 5.91 Å². The number of hydrogen-bond donors (Lipinski definition) is 2. The van der Waals surface area contributed by atoms with Crippen LogP contribution in [0.5, 0.6) is 0 Å². The fourth-order valence-electron chi connectivity index (χ4n) is 2.41. The molecule has 100 valence electrons. The fourth-order valence-corrected chi connectivity index (χ4v) is 2.41. The van der Waals surface area contributed by atoms with E-state index in [1.54, 1.807) is 6.07 Å². The van der Waals surface area contributed by atoms with Gasteiger partial charge in [-0.3, -0.25) is 4.79 Å². The van der Waals surface area contributed by atoms with Crippen LogP contribution in [-0.2, 0) is 6.42 Å². The zero-order valence-electron chi connectivity index (χ0n) is 10.9. The maximum absolute atomic E-state index is 11.8. The van der Waals surface area contributed by atoms with E-state index < -0.39 is 5.60 Å². The molecular formula is C14H21NO3. The Balaban J connectivity index is 1.87. The normalized spacial score (nSPS) is 18.6. The van der Waals surface area contributed by atoms with Crippen molar-refractivity contribution in [2.75, 3.05) is 6.54 Å². The highest BCUT2D eigenvalue weighted by molar-refractivity contribution is 5.91. The minimum Gasteiger partial charge on any atom is -0.456 e. The zero-order chi connectivity index (χ0) is 13.0. The Morgan fingerprint density at radius 2 is 2.11 bits per heavy atom. The lowest BCUT2D eigenvalue weighted by Crippen LogP contribution is -2.44. The first-order chi connectivity index (χ1) is 8.63. The van der Waals surface area contributed by atoms with Crippen molar-refractivity contribution < 1.29 is 14.3 Å². The molecule has 18 heavy (non-hydrogen) atoms. The average molecular weight is 251 g/mol. The quantitative estimate of drug-likeness (QED) is 0.863. The van der Waals surface area contributed by atoms with E-state index in [0.29, 0.717) is 12.3 Å². The molecule has 0 aromatic carbocycles. The summed E-state index contributed by atoms with van der Waals surface area (Å²) in [6.07, 6.45) is 5.56. The number of rotatable bonds is 4. The lowest BCUT2D eigenvalue weighted by Gasteiger charge is -2.31. The summed E-state index contributed by atoms with van der Waals surface area (Å²) >= 11 is 0. The average Bonchev–Trinajstić information content (AvgIpc) is 2.86. The minimum atomic E-state index is -0.728. The number of aliphatic hydroxyl groups is 1. The van der Waals surface area contributed by atoms with Crippen molar-refractivity contribution in [1.82, 2.24) is 5.32 Å². The van der Waals surface area contributed by atoms with Crippen molar-refractivity contribution in [2.45, 2.75) is 51.0 Å². The van der Waals surface area contributed by atoms with Crippen LogP contribution >= 0.6 is 0 Å². The molecule has 1 amide bonds. The van der Waals surface area contributed by atoms with Crippen molar-refractivity contribution in [3.05, 3.63) is 23.7 Å². The summed E-state index contributed by atoms with van der Waals surface area (Å²) in [4.78, 5) is 11.8. The molecule has 2 rings (SSSR count). The van der Waals surface area contributed by atoms with Crippen LogP contribution in [0.3, 0.4) is 0 Å². The van der Waals surface area contributed by atoms with Gasteiger partial charge >= 0.3 is 0 Å². The largest absolute Gasteiger partial charge is 0.456 e. The van der Waals surface area contributed by atoms with Crippen LogP contribution in [0.2, 0.25) is 0 Å². The SMILES string of the molecule is CCc1ccc(C(=O)NCC2(O)CCCCC2)o1.